The quantitative estimate of drug-likeness (QED) is 0.483. The summed E-state index contributed by atoms with van der Waals surface area (Å²) < 4.78 is 4.58. The molecule has 0 radical (unpaired) electrons. The molecule has 1 saturated heterocycles. The van der Waals surface area contributed by atoms with Crippen LogP contribution in [-0.2, 0) is 4.74 Å². The summed E-state index contributed by atoms with van der Waals surface area (Å²) in [5.74, 6) is 0.326. The standard InChI is InChI=1S/C14H19N3O4/c1-10-4-3-6-16(7-5-10)13-12(17(19)20)8-11(9-15-13)14(18)21-2/h8-10H,3-7H2,1-2H3. The van der Waals surface area contributed by atoms with Crippen LogP contribution in [0.5, 0.6) is 0 Å². The van der Waals surface area contributed by atoms with Crippen LogP contribution in [0.3, 0.4) is 0 Å². The van der Waals surface area contributed by atoms with Gasteiger partial charge in [-0.25, -0.2) is 9.78 Å². The Bertz CT molecular complexity index is 547. The van der Waals surface area contributed by atoms with E-state index in [9.17, 15) is 14.9 Å². The summed E-state index contributed by atoms with van der Waals surface area (Å²) >= 11 is 0. The number of hydrogen-bond acceptors (Lipinski definition) is 6. The van der Waals surface area contributed by atoms with Gasteiger partial charge in [0.05, 0.1) is 17.6 Å². The molecule has 1 atom stereocenters. The van der Waals surface area contributed by atoms with Crippen molar-refractivity contribution in [3.63, 3.8) is 0 Å². The number of nitrogens with zero attached hydrogens (tertiary/aromatic N) is 3. The Labute approximate surface area is 123 Å². The molecule has 114 valence electrons. The summed E-state index contributed by atoms with van der Waals surface area (Å²) in [7, 11) is 1.23. The van der Waals surface area contributed by atoms with E-state index in [4.69, 9.17) is 0 Å². The molecule has 7 heteroatoms. The van der Waals surface area contributed by atoms with Gasteiger partial charge in [0.25, 0.3) is 0 Å². The maximum Gasteiger partial charge on any atom is 0.339 e. The zero-order valence-corrected chi connectivity index (χ0v) is 12.2. The number of rotatable bonds is 3. The van der Waals surface area contributed by atoms with Crippen molar-refractivity contribution in [3.8, 4) is 0 Å². The number of nitro groups is 1. The van der Waals surface area contributed by atoms with Gasteiger partial charge in [-0.15, -0.1) is 0 Å². The zero-order chi connectivity index (χ0) is 15.4. The highest BCUT2D eigenvalue weighted by Crippen LogP contribution is 2.29. The number of hydrogen-bond donors (Lipinski definition) is 0. The van der Waals surface area contributed by atoms with Gasteiger partial charge in [0.1, 0.15) is 0 Å². The summed E-state index contributed by atoms with van der Waals surface area (Å²) in [6.07, 6.45) is 4.42. The second-order valence-electron chi connectivity index (χ2n) is 5.34. The van der Waals surface area contributed by atoms with Crippen LogP contribution in [0.1, 0.15) is 36.5 Å². The highest BCUT2D eigenvalue weighted by Gasteiger charge is 2.25. The Morgan fingerprint density at radius 3 is 2.90 bits per heavy atom. The predicted molar refractivity (Wildman–Crippen MR) is 77.5 cm³/mol. The van der Waals surface area contributed by atoms with E-state index in [0.717, 1.165) is 32.4 Å². The number of carbonyl (C=O) groups is 1. The van der Waals surface area contributed by atoms with E-state index in [2.05, 4.69) is 16.6 Å². The average Bonchev–Trinajstić information content (AvgIpc) is 2.70. The molecule has 1 aliphatic heterocycles. The number of methoxy groups -OCH3 is 1. The smallest absolute Gasteiger partial charge is 0.339 e. The van der Waals surface area contributed by atoms with Crippen molar-refractivity contribution >= 4 is 17.5 Å². The van der Waals surface area contributed by atoms with Crippen molar-refractivity contribution in [1.29, 1.82) is 0 Å². The fraction of sp³-hybridized carbons (Fsp3) is 0.571. The minimum Gasteiger partial charge on any atom is -0.465 e. The van der Waals surface area contributed by atoms with E-state index < -0.39 is 10.9 Å². The molecule has 1 fully saturated rings. The van der Waals surface area contributed by atoms with Crippen LogP contribution in [0.25, 0.3) is 0 Å². The second kappa shape index (κ2) is 6.51. The van der Waals surface area contributed by atoms with Crippen LogP contribution in [0, 0.1) is 16.0 Å². The third kappa shape index (κ3) is 3.48. The number of ether oxygens (including phenoxy) is 1. The summed E-state index contributed by atoms with van der Waals surface area (Å²) in [6.45, 7) is 3.67. The summed E-state index contributed by atoms with van der Waals surface area (Å²) in [4.78, 5) is 28.3. The van der Waals surface area contributed by atoms with Gasteiger partial charge in [0.15, 0.2) is 0 Å². The van der Waals surface area contributed by atoms with E-state index in [1.807, 2.05) is 4.90 Å². The van der Waals surface area contributed by atoms with Gasteiger partial charge in [-0.05, 0) is 25.2 Å². The van der Waals surface area contributed by atoms with Crippen molar-refractivity contribution in [3.05, 3.63) is 27.9 Å². The fourth-order valence-electron chi connectivity index (χ4n) is 2.53. The van der Waals surface area contributed by atoms with E-state index in [1.165, 1.54) is 19.4 Å². The third-order valence-electron chi connectivity index (χ3n) is 3.78. The molecule has 0 N–H and O–H groups in total. The average molecular weight is 293 g/mol. The van der Waals surface area contributed by atoms with Crippen LogP contribution in [0.4, 0.5) is 11.5 Å². The first-order chi connectivity index (χ1) is 10.0. The molecular weight excluding hydrogens is 274 g/mol. The Balaban J connectivity index is 2.34. The Hall–Kier alpha value is -2.18. The minimum absolute atomic E-state index is 0.0936. The van der Waals surface area contributed by atoms with Gasteiger partial charge in [0, 0.05) is 25.4 Å². The van der Waals surface area contributed by atoms with Crippen molar-refractivity contribution in [2.24, 2.45) is 5.92 Å². The Morgan fingerprint density at radius 1 is 1.48 bits per heavy atom. The number of carbonyl (C=O) groups excluding carboxylic acids is 1. The number of aromatic nitrogens is 1. The lowest BCUT2D eigenvalue weighted by atomic mass is 10.0. The van der Waals surface area contributed by atoms with Gasteiger partial charge in [0.2, 0.25) is 5.82 Å². The molecule has 0 saturated carbocycles. The van der Waals surface area contributed by atoms with Crippen molar-refractivity contribution in [1.82, 2.24) is 4.98 Å². The van der Waals surface area contributed by atoms with E-state index >= 15 is 0 Å². The lowest BCUT2D eigenvalue weighted by molar-refractivity contribution is -0.384. The lowest BCUT2D eigenvalue weighted by Gasteiger charge is -2.21. The highest BCUT2D eigenvalue weighted by molar-refractivity contribution is 5.90. The molecule has 1 aromatic heterocycles. The molecule has 1 aliphatic rings. The summed E-state index contributed by atoms with van der Waals surface area (Å²) in [5, 5.41) is 11.3. The van der Waals surface area contributed by atoms with Crippen molar-refractivity contribution < 1.29 is 14.5 Å². The van der Waals surface area contributed by atoms with Crippen LogP contribution < -0.4 is 4.90 Å². The Kier molecular flexibility index (Phi) is 4.72. The molecule has 0 aromatic carbocycles. The van der Waals surface area contributed by atoms with Crippen LogP contribution in [0.2, 0.25) is 0 Å². The topological polar surface area (TPSA) is 85.6 Å². The first-order valence-electron chi connectivity index (χ1n) is 7.00. The molecule has 7 nitrogen and oxygen atoms in total. The van der Waals surface area contributed by atoms with Gasteiger partial charge >= 0.3 is 11.7 Å². The lowest BCUT2D eigenvalue weighted by Crippen LogP contribution is -2.26. The van der Waals surface area contributed by atoms with Crippen LogP contribution in [0.15, 0.2) is 12.3 Å². The monoisotopic (exact) mass is 293 g/mol. The largest absolute Gasteiger partial charge is 0.465 e. The van der Waals surface area contributed by atoms with Crippen molar-refractivity contribution in [2.45, 2.75) is 26.2 Å². The minimum atomic E-state index is -0.623. The second-order valence-corrected chi connectivity index (χ2v) is 5.34. The summed E-state index contributed by atoms with van der Waals surface area (Å²) in [5.41, 5.74) is -0.0522. The van der Waals surface area contributed by atoms with E-state index in [0.29, 0.717) is 11.7 Å². The zero-order valence-electron chi connectivity index (χ0n) is 12.2. The molecule has 0 bridgehead atoms. The number of anilines is 1. The van der Waals surface area contributed by atoms with Gasteiger partial charge in [-0.2, -0.15) is 0 Å². The van der Waals surface area contributed by atoms with E-state index in [-0.39, 0.29) is 11.3 Å². The molecule has 1 aromatic rings. The molecule has 2 heterocycles. The highest BCUT2D eigenvalue weighted by atomic mass is 16.6. The van der Waals surface area contributed by atoms with Crippen molar-refractivity contribution in [2.75, 3.05) is 25.1 Å². The normalized spacial score (nSPS) is 19.0. The molecule has 2 rings (SSSR count). The maximum atomic E-state index is 11.5. The molecule has 21 heavy (non-hydrogen) atoms. The molecule has 0 aliphatic carbocycles. The van der Waals surface area contributed by atoms with E-state index in [1.54, 1.807) is 0 Å². The summed E-state index contributed by atoms with van der Waals surface area (Å²) in [6, 6.07) is 1.24. The van der Waals surface area contributed by atoms with Crippen LogP contribution >= 0.6 is 0 Å². The molecule has 0 amide bonds. The number of pyridine rings is 1. The Morgan fingerprint density at radius 2 is 2.24 bits per heavy atom. The molecular formula is C14H19N3O4. The third-order valence-corrected chi connectivity index (χ3v) is 3.78. The fourth-order valence-corrected chi connectivity index (χ4v) is 2.53. The van der Waals surface area contributed by atoms with Gasteiger partial charge in [-0.3, -0.25) is 10.1 Å². The first kappa shape index (κ1) is 15.2. The predicted octanol–water partition coefficient (Wildman–Crippen LogP) is 2.40. The van der Waals surface area contributed by atoms with Crippen LogP contribution in [-0.4, -0.2) is 36.1 Å². The van der Waals surface area contributed by atoms with Gasteiger partial charge < -0.3 is 9.64 Å². The maximum absolute atomic E-state index is 11.5. The molecule has 1 unspecified atom stereocenters. The first-order valence-corrected chi connectivity index (χ1v) is 7.00. The van der Waals surface area contributed by atoms with Gasteiger partial charge in [-0.1, -0.05) is 6.92 Å². The molecule has 0 spiro atoms. The number of esters is 1. The SMILES string of the molecule is COC(=O)c1cnc(N2CCCC(C)CC2)c([N+](=O)[O-])c1.